The van der Waals surface area contributed by atoms with E-state index < -0.39 is 0 Å². The second kappa shape index (κ2) is 5.50. The van der Waals surface area contributed by atoms with Crippen LogP contribution in [-0.2, 0) is 4.79 Å². The molecule has 1 saturated carbocycles. The van der Waals surface area contributed by atoms with Crippen molar-refractivity contribution < 1.29 is 4.79 Å². The Balaban J connectivity index is 2.56. The Bertz CT molecular complexity index is 251. The van der Waals surface area contributed by atoms with Crippen molar-refractivity contribution in [2.24, 2.45) is 0 Å². The first kappa shape index (κ1) is 14.0. The predicted molar refractivity (Wildman–Crippen MR) is 70.9 cm³/mol. The Hall–Kier alpha value is -0.0900. The fourth-order valence-corrected chi connectivity index (χ4v) is 2.61. The Labute approximate surface area is 107 Å². The molecule has 0 aromatic heterocycles. The van der Waals surface area contributed by atoms with Gasteiger partial charge in [0.25, 0.3) is 0 Å². The molecule has 3 nitrogen and oxygen atoms in total. The highest BCUT2D eigenvalue weighted by molar-refractivity contribution is 9.10. The topological polar surface area (TPSA) is 23.6 Å². The SMILES string of the molecule is CCC(Br)C(=O)N(C)CC1(N(C)C)CCC1. The average molecular weight is 291 g/mol. The number of nitrogens with zero attached hydrogens (tertiary/aromatic N) is 2. The highest BCUT2D eigenvalue weighted by Crippen LogP contribution is 2.36. The number of likely N-dealkylation sites (N-methyl/N-ethyl adjacent to an activating group) is 2. The first-order chi connectivity index (χ1) is 7.43. The molecule has 0 aromatic rings. The Kier molecular flexibility index (Phi) is 4.80. The van der Waals surface area contributed by atoms with E-state index in [1.807, 2.05) is 18.9 Å². The van der Waals surface area contributed by atoms with Crippen LogP contribution in [0, 0.1) is 0 Å². The van der Waals surface area contributed by atoms with Crippen LogP contribution in [0.25, 0.3) is 0 Å². The zero-order valence-electron chi connectivity index (χ0n) is 10.8. The predicted octanol–water partition coefficient (Wildman–Crippen LogP) is 2.10. The molecule has 16 heavy (non-hydrogen) atoms. The molecule has 1 rings (SSSR count). The van der Waals surface area contributed by atoms with Gasteiger partial charge >= 0.3 is 0 Å². The Morgan fingerprint density at radius 1 is 1.38 bits per heavy atom. The number of alkyl halides is 1. The van der Waals surface area contributed by atoms with Crippen LogP contribution >= 0.6 is 15.9 Å². The third-order valence-corrected chi connectivity index (χ3v) is 4.81. The standard InChI is InChI=1S/C12H23BrN2O/c1-5-10(13)11(16)15(4)9-12(14(2)3)7-6-8-12/h10H,5-9H2,1-4H3. The van der Waals surface area contributed by atoms with Gasteiger partial charge in [0.2, 0.25) is 5.91 Å². The molecule has 0 radical (unpaired) electrons. The summed E-state index contributed by atoms with van der Waals surface area (Å²) >= 11 is 3.42. The van der Waals surface area contributed by atoms with Gasteiger partial charge in [-0.25, -0.2) is 0 Å². The molecule has 1 aliphatic carbocycles. The molecule has 1 fully saturated rings. The highest BCUT2D eigenvalue weighted by Gasteiger charge is 2.41. The third kappa shape index (κ3) is 2.77. The number of carbonyl (C=O) groups is 1. The van der Waals surface area contributed by atoms with E-state index in [4.69, 9.17) is 0 Å². The molecule has 0 saturated heterocycles. The molecular formula is C12H23BrN2O. The van der Waals surface area contributed by atoms with Gasteiger partial charge in [0, 0.05) is 19.1 Å². The maximum absolute atomic E-state index is 12.0. The minimum atomic E-state index is -0.0308. The summed E-state index contributed by atoms with van der Waals surface area (Å²) in [6, 6.07) is 0. The third-order valence-electron chi connectivity index (χ3n) is 3.77. The van der Waals surface area contributed by atoms with Gasteiger partial charge in [0.05, 0.1) is 4.83 Å². The van der Waals surface area contributed by atoms with Crippen LogP contribution in [0.5, 0.6) is 0 Å². The molecular weight excluding hydrogens is 268 g/mol. The molecule has 0 aliphatic heterocycles. The number of carbonyl (C=O) groups excluding carboxylic acids is 1. The van der Waals surface area contributed by atoms with Crippen LogP contribution in [0.3, 0.4) is 0 Å². The first-order valence-electron chi connectivity index (χ1n) is 5.99. The minimum absolute atomic E-state index is 0.0308. The second-order valence-electron chi connectivity index (χ2n) is 5.04. The van der Waals surface area contributed by atoms with Crippen LogP contribution in [-0.4, -0.2) is 53.8 Å². The fourth-order valence-electron chi connectivity index (χ4n) is 2.26. The summed E-state index contributed by atoms with van der Waals surface area (Å²) in [7, 11) is 6.14. The van der Waals surface area contributed by atoms with Crippen molar-refractivity contribution in [2.75, 3.05) is 27.7 Å². The molecule has 0 spiro atoms. The fraction of sp³-hybridized carbons (Fsp3) is 0.917. The number of hydrogen-bond donors (Lipinski definition) is 0. The monoisotopic (exact) mass is 290 g/mol. The van der Waals surface area contributed by atoms with E-state index >= 15 is 0 Å². The van der Waals surface area contributed by atoms with Crippen LogP contribution in [0.1, 0.15) is 32.6 Å². The molecule has 94 valence electrons. The normalized spacial score (nSPS) is 20.4. The molecule has 0 aromatic carbocycles. The molecule has 4 heteroatoms. The maximum atomic E-state index is 12.0. The van der Waals surface area contributed by atoms with Crippen molar-refractivity contribution in [3.63, 3.8) is 0 Å². The van der Waals surface area contributed by atoms with Gasteiger partial charge < -0.3 is 9.80 Å². The van der Waals surface area contributed by atoms with Gasteiger partial charge in [-0.05, 0) is 39.8 Å². The van der Waals surface area contributed by atoms with E-state index in [2.05, 4.69) is 34.9 Å². The van der Waals surface area contributed by atoms with Gasteiger partial charge in [-0.2, -0.15) is 0 Å². The number of rotatable bonds is 5. The number of hydrogen-bond acceptors (Lipinski definition) is 2. The van der Waals surface area contributed by atoms with E-state index in [1.54, 1.807) is 0 Å². The van der Waals surface area contributed by atoms with Gasteiger partial charge in [-0.3, -0.25) is 4.79 Å². The maximum Gasteiger partial charge on any atom is 0.236 e. The zero-order valence-corrected chi connectivity index (χ0v) is 12.4. The minimum Gasteiger partial charge on any atom is -0.343 e. The van der Waals surface area contributed by atoms with Gasteiger partial charge in [-0.1, -0.05) is 22.9 Å². The molecule has 0 heterocycles. The van der Waals surface area contributed by atoms with Crippen molar-refractivity contribution >= 4 is 21.8 Å². The Morgan fingerprint density at radius 2 is 1.94 bits per heavy atom. The summed E-state index contributed by atoms with van der Waals surface area (Å²) < 4.78 is 0. The van der Waals surface area contributed by atoms with Crippen molar-refractivity contribution in [3.8, 4) is 0 Å². The van der Waals surface area contributed by atoms with Crippen LogP contribution in [0.2, 0.25) is 0 Å². The van der Waals surface area contributed by atoms with E-state index in [1.165, 1.54) is 19.3 Å². The lowest BCUT2D eigenvalue weighted by Gasteiger charge is -2.49. The van der Waals surface area contributed by atoms with E-state index in [9.17, 15) is 4.79 Å². The van der Waals surface area contributed by atoms with E-state index in [0.29, 0.717) is 0 Å². The van der Waals surface area contributed by atoms with Gasteiger partial charge in [0.15, 0.2) is 0 Å². The van der Waals surface area contributed by atoms with Crippen LogP contribution < -0.4 is 0 Å². The average Bonchev–Trinajstić information content (AvgIpc) is 2.20. The van der Waals surface area contributed by atoms with E-state index in [-0.39, 0.29) is 16.3 Å². The quantitative estimate of drug-likeness (QED) is 0.724. The van der Waals surface area contributed by atoms with Crippen molar-refractivity contribution in [3.05, 3.63) is 0 Å². The molecule has 1 aliphatic rings. The summed E-state index contributed by atoms with van der Waals surface area (Å²) in [4.78, 5) is 16.1. The van der Waals surface area contributed by atoms with Gasteiger partial charge in [-0.15, -0.1) is 0 Å². The summed E-state index contributed by atoms with van der Waals surface area (Å²) in [6.45, 7) is 2.87. The summed E-state index contributed by atoms with van der Waals surface area (Å²) in [5, 5.41) is 0. The van der Waals surface area contributed by atoms with Gasteiger partial charge in [0.1, 0.15) is 0 Å². The molecule has 0 N–H and O–H groups in total. The van der Waals surface area contributed by atoms with Crippen molar-refractivity contribution in [2.45, 2.75) is 43.0 Å². The van der Waals surface area contributed by atoms with Crippen molar-refractivity contribution in [1.29, 1.82) is 0 Å². The smallest absolute Gasteiger partial charge is 0.236 e. The zero-order chi connectivity index (χ0) is 12.3. The second-order valence-corrected chi connectivity index (χ2v) is 6.15. The lowest BCUT2D eigenvalue weighted by atomic mass is 9.75. The van der Waals surface area contributed by atoms with Crippen molar-refractivity contribution in [1.82, 2.24) is 9.80 Å². The number of halogens is 1. The lowest BCUT2D eigenvalue weighted by molar-refractivity contribution is -0.132. The lowest BCUT2D eigenvalue weighted by Crippen LogP contribution is -2.58. The van der Waals surface area contributed by atoms with Crippen LogP contribution in [0.4, 0.5) is 0 Å². The molecule has 1 atom stereocenters. The largest absolute Gasteiger partial charge is 0.343 e. The van der Waals surface area contributed by atoms with E-state index in [0.717, 1.165) is 13.0 Å². The summed E-state index contributed by atoms with van der Waals surface area (Å²) in [5.74, 6) is 0.204. The summed E-state index contributed by atoms with van der Waals surface area (Å²) in [6.07, 6.45) is 4.54. The molecule has 1 unspecified atom stereocenters. The molecule has 0 bridgehead atoms. The Morgan fingerprint density at radius 3 is 2.25 bits per heavy atom. The number of amides is 1. The highest BCUT2D eigenvalue weighted by atomic mass is 79.9. The summed E-state index contributed by atoms with van der Waals surface area (Å²) in [5.41, 5.74) is 0.227. The molecule has 1 amide bonds. The van der Waals surface area contributed by atoms with Crippen LogP contribution in [0.15, 0.2) is 0 Å². The first-order valence-corrected chi connectivity index (χ1v) is 6.91.